The van der Waals surface area contributed by atoms with E-state index in [-0.39, 0.29) is 11.5 Å². The first-order chi connectivity index (χ1) is 7.61. The van der Waals surface area contributed by atoms with E-state index >= 15 is 0 Å². The summed E-state index contributed by atoms with van der Waals surface area (Å²) < 4.78 is 4.83. The van der Waals surface area contributed by atoms with Gasteiger partial charge in [-0.2, -0.15) is 0 Å². The minimum Gasteiger partial charge on any atom is -0.361 e. The molecule has 0 atom stereocenters. The lowest BCUT2D eigenvalue weighted by molar-refractivity contribution is 0.103. The van der Waals surface area contributed by atoms with Crippen molar-refractivity contribution >= 4 is 23.4 Å². The molecule has 5 heteroatoms. The number of rotatable bonds is 3. The third-order valence-corrected chi connectivity index (χ3v) is 3.23. The Kier molecular flexibility index (Phi) is 2.70. The fourth-order valence-corrected chi connectivity index (χ4v) is 2.26. The van der Waals surface area contributed by atoms with Gasteiger partial charge in [-0.25, -0.2) is 0 Å². The average molecular weight is 235 g/mol. The van der Waals surface area contributed by atoms with Crippen LogP contribution in [-0.2, 0) is 0 Å². The Bertz CT molecular complexity index is 553. The van der Waals surface area contributed by atoms with Crippen LogP contribution in [0, 0.1) is 13.8 Å². The number of carbonyl (C=O) groups excluding carboxylic acids is 2. The number of nitrogens with zero attached hydrogens (tertiary/aromatic N) is 1. The number of aryl methyl sites for hydroxylation is 2. The van der Waals surface area contributed by atoms with Crippen LogP contribution in [0.15, 0.2) is 16.7 Å². The van der Waals surface area contributed by atoms with Crippen molar-refractivity contribution in [3.8, 4) is 0 Å². The predicted octanol–water partition coefficient (Wildman–Crippen LogP) is 2.40. The summed E-state index contributed by atoms with van der Waals surface area (Å²) in [6, 6.07) is 3.16. The molecule has 0 unspecified atom stereocenters. The van der Waals surface area contributed by atoms with Crippen LogP contribution < -0.4 is 0 Å². The van der Waals surface area contributed by atoms with Crippen LogP contribution >= 0.6 is 11.3 Å². The second-order valence-corrected chi connectivity index (χ2v) is 4.65. The molecule has 0 saturated carbocycles. The summed E-state index contributed by atoms with van der Waals surface area (Å²) in [5.74, 6) is 0.380. The maximum atomic E-state index is 11.9. The van der Waals surface area contributed by atoms with Gasteiger partial charge >= 0.3 is 0 Å². The van der Waals surface area contributed by atoms with Crippen LogP contribution in [-0.4, -0.2) is 17.2 Å². The SMILES string of the molecule is Cc1cc(C(=O)c2cc(C=O)c(C)s2)no1. The monoisotopic (exact) mass is 235 g/mol. The molecule has 0 spiro atoms. The molecule has 0 saturated heterocycles. The summed E-state index contributed by atoms with van der Waals surface area (Å²) in [5.41, 5.74) is 0.824. The Balaban J connectivity index is 2.37. The Labute approximate surface area is 95.9 Å². The number of aromatic nitrogens is 1. The molecule has 2 aromatic rings. The zero-order chi connectivity index (χ0) is 11.7. The number of carbonyl (C=O) groups is 2. The first-order valence-corrected chi connectivity index (χ1v) is 5.47. The second-order valence-electron chi connectivity index (χ2n) is 3.39. The van der Waals surface area contributed by atoms with Gasteiger partial charge in [0.2, 0.25) is 5.78 Å². The quantitative estimate of drug-likeness (QED) is 0.605. The van der Waals surface area contributed by atoms with E-state index in [1.54, 1.807) is 26.0 Å². The van der Waals surface area contributed by atoms with Gasteiger partial charge in [0.05, 0.1) is 4.88 Å². The standard InChI is InChI=1S/C11H9NO3S/c1-6-3-9(12-15-6)11(14)10-4-8(5-13)7(2)16-10/h3-5H,1-2H3. The number of hydrogen-bond donors (Lipinski definition) is 0. The molecule has 2 rings (SSSR count). The van der Waals surface area contributed by atoms with Gasteiger partial charge in [-0.1, -0.05) is 5.16 Å². The van der Waals surface area contributed by atoms with E-state index < -0.39 is 0 Å². The minimum absolute atomic E-state index is 0.210. The van der Waals surface area contributed by atoms with Gasteiger partial charge in [-0.3, -0.25) is 9.59 Å². The van der Waals surface area contributed by atoms with Crippen LogP contribution in [0.4, 0.5) is 0 Å². The third-order valence-electron chi connectivity index (χ3n) is 2.17. The lowest BCUT2D eigenvalue weighted by atomic mass is 10.2. The summed E-state index contributed by atoms with van der Waals surface area (Å²) in [6.45, 7) is 3.53. The number of thiophene rings is 1. The van der Waals surface area contributed by atoms with Gasteiger partial charge in [-0.15, -0.1) is 11.3 Å². The van der Waals surface area contributed by atoms with Crippen molar-refractivity contribution in [2.75, 3.05) is 0 Å². The summed E-state index contributed by atoms with van der Waals surface area (Å²) in [5, 5.41) is 3.65. The Morgan fingerprint density at radius 3 is 2.69 bits per heavy atom. The molecule has 0 aliphatic carbocycles. The van der Waals surface area contributed by atoms with Crippen molar-refractivity contribution in [1.82, 2.24) is 5.16 Å². The van der Waals surface area contributed by atoms with E-state index in [4.69, 9.17) is 4.52 Å². The van der Waals surface area contributed by atoms with Crippen molar-refractivity contribution in [1.29, 1.82) is 0 Å². The highest BCUT2D eigenvalue weighted by Gasteiger charge is 2.17. The number of hydrogen-bond acceptors (Lipinski definition) is 5. The number of aldehydes is 1. The maximum Gasteiger partial charge on any atom is 0.224 e. The Morgan fingerprint density at radius 1 is 1.44 bits per heavy atom. The molecule has 0 N–H and O–H groups in total. The topological polar surface area (TPSA) is 60.2 Å². The lowest BCUT2D eigenvalue weighted by Gasteiger charge is -1.88. The van der Waals surface area contributed by atoms with Crippen LogP contribution in [0.5, 0.6) is 0 Å². The van der Waals surface area contributed by atoms with Crippen LogP contribution in [0.2, 0.25) is 0 Å². The fraction of sp³-hybridized carbons (Fsp3) is 0.182. The molecular weight excluding hydrogens is 226 g/mol. The molecule has 0 bridgehead atoms. The van der Waals surface area contributed by atoms with Crippen LogP contribution in [0.3, 0.4) is 0 Å². The molecule has 2 heterocycles. The predicted molar refractivity (Wildman–Crippen MR) is 59.1 cm³/mol. The van der Waals surface area contributed by atoms with E-state index in [1.165, 1.54) is 11.3 Å². The molecule has 16 heavy (non-hydrogen) atoms. The van der Waals surface area contributed by atoms with E-state index in [0.29, 0.717) is 16.2 Å². The molecule has 0 fully saturated rings. The van der Waals surface area contributed by atoms with Gasteiger partial charge in [0.15, 0.2) is 12.0 Å². The van der Waals surface area contributed by atoms with Gasteiger partial charge in [0, 0.05) is 16.5 Å². The normalized spacial score (nSPS) is 10.4. The van der Waals surface area contributed by atoms with Gasteiger partial charge in [0.25, 0.3) is 0 Å². The second kappa shape index (κ2) is 4.02. The Morgan fingerprint density at radius 2 is 2.19 bits per heavy atom. The molecule has 4 nitrogen and oxygen atoms in total. The first kappa shape index (κ1) is 10.8. The highest BCUT2D eigenvalue weighted by atomic mass is 32.1. The molecule has 0 aromatic carbocycles. The molecule has 0 amide bonds. The van der Waals surface area contributed by atoms with Crippen molar-refractivity contribution < 1.29 is 14.1 Å². The minimum atomic E-state index is -0.210. The average Bonchev–Trinajstić information content (AvgIpc) is 2.83. The van der Waals surface area contributed by atoms with Gasteiger partial charge in [-0.05, 0) is 19.9 Å². The maximum absolute atomic E-state index is 11.9. The summed E-state index contributed by atoms with van der Waals surface area (Å²) in [7, 11) is 0. The third kappa shape index (κ3) is 1.81. The van der Waals surface area contributed by atoms with Crippen molar-refractivity contribution in [3.05, 3.63) is 38.9 Å². The van der Waals surface area contributed by atoms with Crippen LogP contribution in [0.25, 0.3) is 0 Å². The Hall–Kier alpha value is -1.75. The van der Waals surface area contributed by atoms with E-state index in [0.717, 1.165) is 11.2 Å². The van der Waals surface area contributed by atoms with E-state index in [1.807, 2.05) is 0 Å². The molecule has 2 aromatic heterocycles. The van der Waals surface area contributed by atoms with E-state index in [9.17, 15) is 9.59 Å². The smallest absolute Gasteiger partial charge is 0.224 e. The molecular formula is C11H9NO3S. The fourth-order valence-electron chi connectivity index (χ4n) is 1.32. The zero-order valence-electron chi connectivity index (χ0n) is 8.81. The zero-order valence-corrected chi connectivity index (χ0v) is 9.63. The summed E-state index contributed by atoms with van der Waals surface area (Å²) in [6.07, 6.45) is 0.747. The highest BCUT2D eigenvalue weighted by Crippen LogP contribution is 2.22. The van der Waals surface area contributed by atoms with E-state index in [2.05, 4.69) is 5.16 Å². The lowest BCUT2D eigenvalue weighted by Crippen LogP contribution is -1.98. The van der Waals surface area contributed by atoms with Crippen molar-refractivity contribution in [2.45, 2.75) is 13.8 Å². The number of ketones is 1. The molecule has 82 valence electrons. The molecule has 0 radical (unpaired) electrons. The van der Waals surface area contributed by atoms with Gasteiger partial charge in [0.1, 0.15) is 5.76 Å². The molecule has 0 aliphatic heterocycles. The van der Waals surface area contributed by atoms with Crippen molar-refractivity contribution in [3.63, 3.8) is 0 Å². The highest BCUT2D eigenvalue weighted by molar-refractivity contribution is 7.14. The van der Waals surface area contributed by atoms with Crippen LogP contribution in [0.1, 0.15) is 36.4 Å². The van der Waals surface area contributed by atoms with Crippen molar-refractivity contribution in [2.24, 2.45) is 0 Å². The first-order valence-electron chi connectivity index (χ1n) is 4.65. The van der Waals surface area contributed by atoms with Gasteiger partial charge < -0.3 is 4.52 Å². The summed E-state index contributed by atoms with van der Waals surface area (Å²) in [4.78, 5) is 23.9. The largest absolute Gasteiger partial charge is 0.361 e. The molecule has 0 aliphatic rings. The summed E-state index contributed by atoms with van der Waals surface area (Å²) >= 11 is 1.29.